The van der Waals surface area contributed by atoms with E-state index in [0.717, 1.165) is 29.1 Å². The number of likely N-dealkylation sites (N-methyl/N-ethyl adjacent to an activating group) is 1. The van der Waals surface area contributed by atoms with Crippen molar-refractivity contribution in [3.8, 4) is 0 Å². The van der Waals surface area contributed by atoms with E-state index in [-0.39, 0.29) is 11.1 Å². The number of para-hydroxylation sites is 1. The lowest BCUT2D eigenvalue weighted by Crippen LogP contribution is -2.23. The number of nitro benzene ring substituents is 1. The van der Waals surface area contributed by atoms with Crippen LogP contribution in [0.15, 0.2) is 59.3 Å². The van der Waals surface area contributed by atoms with Crippen molar-refractivity contribution < 1.29 is 18.1 Å². The van der Waals surface area contributed by atoms with E-state index in [1.807, 2.05) is 36.2 Å². The number of hydrogen-bond donors (Lipinski definition) is 1. The molecule has 0 bridgehead atoms. The molecule has 2 aromatic rings. The van der Waals surface area contributed by atoms with Crippen LogP contribution in [0.1, 0.15) is 25.0 Å². The molecule has 0 radical (unpaired) electrons. The minimum absolute atomic E-state index is 0.125. The monoisotopic (exact) mass is 404 g/mol. The molecule has 3 rings (SSSR count). The quantitative estimate of drug-likeness (QED) is 0.425. The Morgan fingerprint density at radius 2 is 1.90 bits per heavy atom. The molecule has 1 N–H and O–H groups in total. The molecule has 0 spiro atoms. The Balaban J connectivity index is 1.83. The highest BCUT2D eigenvalue weighted by atomic mass is 19.4. The summed E-state index contributed by atoms with van der Waals surface area (Å²) in [5.74, 6) is 0. The van der Waals surface area contributed by atoms with Crippen molar-refractivity contribution in [2.75, 3.05) is 17.4 Å². The zero-order chi connectivity index (χ0) is 21.4. The van der Waals surface area contributed by atoms with Crippen LogP contribution in [0.25, 0.3) is 0 Å². The molecule has 0 fully saturated rings. The first-order valence-electron chi connectivity index (χ1n) is 8.72. The van der Waals surface area contributed by atoms with Gasteiger partial charge in [0.05, 0.1) is 10.5 Å². The summed E-state index contributed by atoms with van der Waals surface area (Å²) < 4.78 is 38.3. The fraction of sp³-hybridized carbons (Fsp3) is 0.250. The van der Waals surface area contributed by atoms with Crippen LogP contribution in [-0.2, 0) is 11.6 Å². The normalized spacial score (nSPS) is 17.0. The topological polar surface area (TPSA) is 70.8 Å². The van der Waals surface area contributed by atoms with Crippen LogP contribution < -0.4 is 10.3 Å². The second kappa shape index (κ2) is 7.23. The molecular formula is C20H19F3N4O2. The van der Waals surface area contributed by atoms with Crippen LogP contribution in [0.5, 0.6) is 0 Å². The maximum Gasteiger partial charge on any atom is 0.416 e. The molecule has 0 unspecified atom stereocenters. The number of fused-ring (bicyclic) bond motifs is 1. The molecule has 0 aromatic heterocycles. The Morgan fingerprint density at radius 3 is 2.52 bits per heavy atom. The molecule has 6 nitrogen and oxygen atoms in total. The number of nitrogens with zero attached hydrogens (tertiary/aromatic N) is 3. The third-order valence-electron chi connectivity index (χ3n) is 4.95. The highest BCUT2D eigenvalue weighted by molar-refractivity contribution is 5.80. The lowest BCUT2D eigenvalue weighted by molar-refractivity contribution is -0.384. The summed E-state index contributed by atoms with van der Waals surface area (Å²) >= 11 is 0. The molecular weight excluding hydrogens is 385 g/mol. The van der Waals surface area contributed by atoms with Crippen molar-refractivity contribution in [3.05, 3.63) is 75.5 Å². The third-order valence-corrected chi connectivity index (χ3v) is 4.95. The maximum absolute atomic E-state index is 12.8. The summed E-state index contributed by atoms with van der Waals surface area (Å²) in [6.45, 7) is 4.15. The van der Waals surface area contributed by atoms with Gasteiger partial charge in [-0.1, -0.05) is 32.0 Å². The first-order valence-corrected chi connectivity index (χ1v) is 8.72. The molecule has 0 saturated carbocycles. The molecule has 1 aliphatic rings. The number of alkyl halides is 3. The second-order valence-electron chi connectivity index (χ2n) is 7.13. The highest BCUT2D eigenvalue weighted by Crippen LogP contribution is 2.46. The number of hydrogen-bond acceptors (Lipinski definition) is 5. The average Bonchev–Trinajstić information content (AvgIpc) is 2.84. The van der Waals surface area contributed by atoms with Crippen molar-refractivity contribution in [1.82, 2.24) is 0 Å². The van der Waals surface area contributed by atoms with Gasteiger partial charge >= 0.3 is 6.18 Å². The summed E-state index contributed by atoms with van der Waals surface area (Å²) in [4.78, 5) is 12.3. The SMILES string of the molecule is CN1C(=CC=NNc2ccc(C(F)(F)F)cc2[N+](=O)[O-])C(C)(C)c2ccccc21. The molecule has 0 atom stereocenters. The molecule has 2 aromatic carbocycles. The van der Waals surface area contributed by atoms with E-state index >= 15 is 0 Å². The number of halogens is 3. The van der Waals surface area contributed by atoms with E-state index in [2.05, 4.69) is 24.4 Å². The van der Waals surface area contributed by atoms with Crippen LogP contribution in [0.2, 0.25) is 0 Å². The van der Waals surface area contributed by atoms with Crippen molar-refractivity contribution in [3.63, 3.8) is 0 Å². The minimum atomic E-state index is -4.66. The predicted molar refractivity (Wildman–Crippen MR) is 106 cm³/mol. The molecule has 29 heavy (non-hydrogen) atoms. The van der Waals surface area contributed by atoms with Crippen molar-refractivity contribution in [2.24, 2.45) is 5.10 Å². The lowest BCUT2D eigenvalue weighted by atomic mass is 9.84. The Hall–Kier alpha value is -3.36. The van der Waals surface area contributed by atoms with Gasteiger partial charge in [0.1, 0.15) is 5.69 Å². The number of nitrogens with one attached hydrogen (secondary N) is 1. The Kier molecular flexibility index (Phi) is 5.08. The van der Waals surface area contributed by atoms with Gasteiger partial charge in [-0.3, -0.25) is 15.5 Å². The summed E-state index contributed by atoms with van der Waals surface area (Å²) in [6, 6.07) is 10.2. The standard InChI is InChI=1S/C20H19F3N4O2/c1-19(2)14-6-4-5-7-16(14)26(3)18(19)10-11-24-25-15-9-8-13(20(21,22)23)12-17(15)27(28)29/h4-12,25H,1-3H3. The Labute approximate surface area is 165 Å². The van der Waals surface area contributed by atoms with Crippen LogP contribution in [-0.4, -0.2) is 18.2 Å². The number of nitro groups is 1. The number of hydrazone groups is 1. The third kappa shape index (κ3) is 3.80. The van der Waals surface area contributed by atoms with E-state index < -0.39 is 22.4 Å². The van der Waals surface area contributed by atoms with E-state index in [0.29, 0.717) is 6.07 Å². The fourth-order valence-electron chi connectivity index (χ4n) is 3.47. The minimum Gasteiger partial charge on any atom is -0.347 e. The molecule has 1 heterocycles. The Morgan fingerprint density at radius 1 is 1.21 bits per heavy atom. The number of rotatable bonds is 4. The lowest BCUT2D eigenvalue weighted by Gasteiger charge is -2.23. The van der Waals surface area contributed by atoms with Gasteiger partial charge in [-0.15, -0.1) is 0 Å². The molecule has 1 aliphatic heterocycles. The van der Waals surface area contributed by atoms with Gasteiger partial charge in [0.25, 0.3) is 5.69 Å². The largest absolute Gasteiger partial charge is 0.416 e. The number of benzene rings is 2. The van der Waals surface area contributed by atoms with Gasteiger partial charge in [-0.25, -0.2) is 0 Å². The first kappa shape index (κ1) is 20.4. The first-order chi connectivity index (χ1) is 13.5. The number of anilines is 2. The summed E-state index contributed by atoms with van der Waals surface area (Å²) in [5, 5.41) is 15.1. The van der Waals surface area contributed by atoms with Gasteiger partial charge in [-0.05, 0) is 29.8 Å². The molecule has 0 amide bonds. The van der Waals surface area contributed by atoms with Gasteiger partial charge in [-0.2, -0.15) is 18.3 Å². The average molecular weight is 404 g/mol. The molecule has 152 valence electrons. The molecule has 0 saturated heterocycles. The molecule has 9 heteroatoms. The van der Waals surface area contributed by atoms with Crippen molar-refractivity contribution in [1.29, 1.82) is 0 Å². The van der Waals surface area contributed by atoms with Gasteiger partial charge in [0.15, 0.2) is 0 Å². The predicted octanol–water partition coefficient (Wildman–Crippen LogP) is 5.32. The van der Waals surface area contributed by atoms with Crippen molar-refractivity contribution in [2.45, 2.75) is 25.4 Å². The van der Waals surface area contributed by atoms with Crippen LogP contribution in [0, 0.1) is 10.1 Å². The van der Waals surface area contributed by atoms with Crippen LogP contribution >= 0.6 is 0 Å². The number of allylic oxidation sites excluding steroid dienone is 2. The zero-order valence-electron chi connectivity index (χ0n) is 16.0. The fourth-order valence-corrected chi connectivity index (χ4v) is 3.47. The van der Waals surface area contributed by atoms with Gasteiger partial charge in [0, 0.05) is 36.1 Å². The Bertz CT molecular complexity index is 1010. The van der Waals surface area contributed by atoms with Gasteiger partial charge in [0.2, 0.25) is 0 Å². The van der Waals surface area contributed by atoms with Gasteiger partial charge < -0.3 is 4.90 Å². The smallest absolute Gasteiger partial charge is 0.347 e. The van der Waals surface area contributed by atoms with E-state index in [9.17, 15) is 23.3 Å². The van der Waals surface area contributed by atoms with E-state index in [1.54, 1.807) is 6.08 Å². The summed E-state index contributed by atoms with van der Waals surface area (Å²) in [5.41, 5.74) is 3.48. The maximum atomic E-state index is 12.8. The summed E-state index contributed by atoms with van der Waals surface area (Å²) in [7, 11) is 1.93. The van der Waals surface area contributed by atoms with Crippen molar-refractivity contribution >= 4 is 23.3 Å². The van der Waals surface area contributed by atoms with Crippen LogP contribution in [0.3, 0.4) is 0 Å². The second-order valence-corrected chi connectivity index (χ2v) is 7.13. The molecule has 0 aliphatic carbocycles. The van der Waals surface area contributed by atoms with Crippen LogP contribution in [0.4, 0.5) is 30.2 Å². The van der Waals surface area contributed by atoms with E-state index in [4.69, 9.17) is 0 Å². The zero-order valence-corrected chi connectivity index (χ0v) is 16.0. The van der Waals surface area contributed by atoms with E-state index in [1.165, 1.54) is 6.21 Å². The highest BCUT2D eigenvalue weighted by Gasteiger charge is 2.37. The summed E-state index contributed by atoms with van der Waals surface area (Å²) in [6.07, 6.45) is -1.46.